The lowest BCUT2D eigenvalue weighted by molar-refractivity contribution is 0.0999. The van der Waals surface area contributed by atoms with Crippen LogP contribution in [0.15, 0.2) is 12.1 Å². The topological polar surface area (TPSA) is 81.6 Å². The summed E-state index contributed by atoms with van der Waals surface area (Å²) < 4.78 is 5.06. The fourth-order valence-corrected chi connectivity index (χ4v) is 1.22. The van der Waals surface area contributed by atoms with E-state index in [1.54, 1.807) is 12.1 Å². The molecule has 0 aliphatic carbocycles. The zero-order valence-corrected chi connectivity index (χ0v) is 6.33. The molecular formula is C8H8N2O2. The highest BCUT2D eigenvalue weighted by molar-refractivity contribution is 5.96. The van der Waals surface area contributed by atoms with Crippen LogP contribution in [0.25, 0.3) is 0 Å². The van der Waals surface area contributed by atoms with Crippen molar-refractivity contribution in [1.82, 2.24) is 0 Å². The van der Waals surface area contributed by atoms with Crippen LogP contribution >= 0.6 is 0 Å². The summed E-state index contributed by atoms with van der Waals surface area (Å²) in [5.74, 6) is 1.04. The standard InChI is InChI=1S/C8H8N2O2/c9-3-5-4(8(10)11)1-2-6-7(5)12-6/h1-2H,3,9H2,(H2,10,11). The van der Waals surface area contributed by atoms with Gasteiger partial charge < -0.3 is 16.2 Å². The fourth-order valence-electron chi connectivity index (χ4n) is 1.22. The Morgan fingerprint density at radius 3 is 2.83 bits per heavy atom. The number of carbonyl (C=O) groups excluding carboxylic acids is 1. The van der Waals surface area contributed by atoms with Gasteiger partial charge in [-0.05, 0) is 12.1 Å². The molecule has 1 aromatic carbocycles. The number of ether oxygens (including phenoxy) is 1. The molecule has 1 amide bonds. The molecular weight excluding hydrogens is 156 g/mol. The number of nitrogens with two attached hydrogens (primary N) is 2. The Labute approximate surface area is 69.1 Å². The van der Waals surface area contributed by atoms with Gasteiger partial charge in [-0.25, -0.2) is 0 Å². The Kier molecular flexibility index (Phi) is 1.31. The zero-order valence-electron chi connectivity index (χ0n) is 6.33. The van der Waals surface area contributed by atoms with E-state index < -0.39 is 5.91 Å². The maximum absolute atomic E-state index is 10.9. The van der Waals surface area contributed by atoms with Crippen molar-refractivity contribution in [2.45, 2.75) is 6.54 Å². The lowest BCUT2D eigenvalue weighted by Gasteiger charge is -1.98. The van der Waals surface area contributed by atoms with E-state index in [-0.39, 0.29) is 6.54 Å². The molecule has 0 spiro atoms. The minimum atomic E-state index is -0.464. The van der Waals surface area contributed by atoms with Gasteiger partial charge in [0.25, 0.3) is 0 Å². The Hall–Kier alpha value is -1.55. The molecule has 4 N–H and O–H groups in total. The molecule has 0 radical (unpaired) electrons. The van der Waals surface area contributed by atoms with Crippen LogP contribution in [0.2, 0.25) is 0 Å². The number of primary amides is 1. The highest BCUT2D eigenvalue weighted by Crippen LogP contribution is 2.48. The number of rotatable bonds is 2. The van der Waals surface area contributed by atoms with E-state index in [0.29, 0.717) is 16.9 Å². The summed E-state index contributed by atoms with van der Waals surface area (Å²) in [5.41, 5.74) is 11.7. The highest BCUT2D eigenvalue weighted by Gasteiger charge is 2.27. The summed E-state index contributed by atoms with van der Waals surface area (Å²) in [5, 5.41) is 0. The van der Waals surface area contributed by atoms with Crippen molar-refractivity contribution in [2.24, 2.45) is 11.5 Å². The molecule has 1 aliphatic heterocycles. The predicted octanol–water partition coefficient (Wildman–Crippen LogP) is 0.350. The first-order valence-electron chi connectivity index (χ1n) is 3.57. The number of benzene rings is 1. The van der Waals surface area contributed by atoms with Crippen LogP contribution in [0.1, 0.15) is 15.9 Å². The molecule has 1 aliphatic rings. The first kappa shape index (κ1) is 7.12. The molecule has 12 heavy (non-hydrogen) atoms. The van der Waals surface area contributed by atoms with Crippen LogP contribution in [-0.2, 0) is 6.54 Å². The van der Waals surface area contributed by atoms with E-state index >= 15 is 0 Å². The second kappa shape index (κ2) is 2.22. The summed E-state index contributed by atoms with van der Waals surface area (Å²) in [6, 6.07) is 3.35. The van der Waals surface area contributed by atoms with E-state index in [2.05, 4.69) is 0 Å². The minimum Gasteiger partial charge on any atom is -0.449 e. The van der Waals surface area contributed by atoms with Crippen molar-refractivity contribution in [3.63, 3.8) is 0 Å². The van der Waals surface area contributed by atoms with Gasteiger partial charge in [0.05, 0.1) is 0 Å². The molecule has 1 heterocycles. The quantitative estimate of drug-likeness (QED) is 0.628. The zero-order chi connectivity index (χ0) is 8.72. The summed E-state index contributed by atoms with van der Waals surface area (Å²) in [6.45, 7) is 0.279. The van der Waals surface area contributed by atoms with Gasteiger partial charge >= 0.3 is 0 Å². The Bertz CT molecular complexity index is 360. The third-order valence-corrected chi connectivity index (χ3v) is 1.86. The van der Waals surface area contributed by atoms with Crippen molar-refractivity contribution in [2.75, 3.05) is 0 Å². The smallest absolute Gasteiger partial charge is 0.249 e. The number of amides is 1. The molecule has 4 heteroatoms. The third kappa shape index (κ3) is 0.853. The molecule has 4 nitrogen and oxygen atoms in total. The first-order chi connectivity index (χ1) is 5.74. The van der Waals surface area contributed by atoms with Crippen LogP contribution in [0.5, 0.6) is 11.5 Å². The van der Waals surface area contributed by atoms with Crippen LogP contribution in [0, 0.1) is 0 Å². The highest BCUT2D eigenvalue weighted by atomic mass is 16.6. The Balaban J connectivity index is 2.56. The lowest BCUT2D eigenvalue weighted by Crippen LogP contribution is -2.14. The second-order valence-corrected chi connectivity index (χ2v) is 2.59. The summed E-state index contributed by atoms with van der Waals surface area (Å²) >= 11 is 0. The number of carbonyl (C=O) groups is 1. The van der Waals surface area contributed by atoms with Crippen LogP contribution < -0.4 is 16.2 Å². The molecule has 0 fully saturated rings. The van der Waals surface area contributed by atoms with E-state index in [1.165, 1.54) is 0 Å². The number of fused-ring (bicyclic) bond motifs is 1. The molecule has 0 saturated heterocycles. The van der Waals surface area contributed by atoms with Gasteiger partial charge in [-0.3, -0.25) is 4.79 Å². The maximum atomic E-state index is 10.9. The normalized spacial score (nSPS) is 11.8. The fraction of sp³-hybridized carbons (Fsp3) is 0.125. The van der Waals surface area contributed by atoms with Crippen LogP contribution in [0.3, 0.4) is 0 Å². The van der Waals surface area contributed by atoms with Crippen molar-refractivity contribution < 1.29 is 9.53 Å². The Morgan fingerprint density at radius 2 is 2.25 bits per heavy atom. The van der Waals surface area contributed by atoms with Gasteiger partial charge in [0.1, 0.15) is 0 Å². The molecule has 0 saturated carbocycles. The van der Waals surface area contributed by atoms with Gasteiger partial charge in [-0.2, -0.15) is 0 Å². The van der Waals surface area contributed by atoms with E-state index in [4.69, 9.17) is 16.2 Å². The largest absolute Gasteiger partial charge is 0.449 e. The maximum Gasteiger partial charge on any atom is 0.249 e. The molecule has 0 aromatic heterocycles. The molecule has 0 unspecified atom stereocenters. The summed E-state index contributed by atoms with van der Waals surface area (Å²) in [6.07, 6.45) is 0. The van der Waals surface area contributed by atoms with Crippen LogP contribution in [0.4, 0.5) is 0 Å². The number of hydrogen-bond donors (Lipinski definition) is 2. The van der Waals surface area contributed by atoms with Gasteiger partial charge in [0.15, 0.2) is 11.5 Å². The predicted molar refractivity (Wildman–Crippen MR) is 42.9 cm³/mol. The van der Waals surface area contributed by atoms with E-state index in [9.17, 15) is 4.79 Å². The molecule has 0 bridgehead atoms. The van der Waals surface area contributed by atoms with E-state index in [0.717, 1.165) is 5.75 Å². The molecule has 62 valence electrons. The molecule has 1 aromatic rings. The average Bonchev–Trinajstić information content (AvgIpc) is 2.79. The van der Waals surface area contributed by atoms with Crippen LogP contribution in [-0.4, -0.2) is 5.91 Å². The van der Waals surface area contributed by atoms with Gasteiger partial charge in [0.2, 0.25) is 5.91 Å². The third-order valence-electron chi connectivity index (χ3n) is 1.86. The minimum absolute atomic E-state index is 0.279. The summed E-state index contributed by atoms with van der Waals surface area (Å²) in [4.78, 5) is 10.9. The second-order valence-electron chi connectivity index (χ2n) is 2.59. The SMILES string of the molecule is NCc1c(C(N)=O)ccc2c1O2. The van der Waals surface area contributed by atoms with Gasteiger partial charge in [0, 0.05) is 17.7 Å². The summed E-state index contributed by atoms with van der Waals surface area (Å²) in [7, 11) is 0. The first-order valence-corrected chi connectivity index (χ1v) is 3.57. The van der Waals surface area contributed by atoms with E-state index in [1.807, 2.05) is 0 Å². The lowest BCUT2D eigenvalue weighted by atomic mass is 10.1. The van der Waals surface area contributed by atoms with Gasteiger partial charge in [-0.15, -0.1) is 0 Å². The van der Waals surface area contributed by atoms with Crippen molar-refractivity contribution in [3.05, 3.63) is 23.3 Å². The number of hydrogen-bond acceptors (Lipinski definition) is 3. The van der Waals surface area contributed by atoms with Gasteiger partial charge in [-0.1, -0.05) is 0 Å². The average molecular weight is 164 g/mol. The van der Waals surface area contributed by atoms with Crippen molar-refractivity contribution in [3.8, 4) is 11.5 Å². The van der Waals surface area contributed by atoms with Crippen molar-refractivity contribution >= 4 is 5.91 Å². The van der Waals surface area contributed by atoms with Crippen molar-refractivity contribution in [1.29, 1.82) is 0 Å². The monoisotopic (exact) mass is 164 g/mol. The molecule has 2 rings (SSSR count). The molecule has 0 atom stereocenters. The Morgan fingerprint density at radius 1 is 1.50 bits per heavy atom.